The van der Waals surface area contributed by atoms with Gasteiger partial charge >= 0.3 is 0 Å². The molecule has 120 valence electrons. The summed E-state index contributed by atoms with van der Waals surface area (Å²) in [4.78, 5) is 7.02. The normalized spacial score (nSPS) is 16.0. The van der Waals surface area contributed by atoms with Gasteiger partial charge in [-0.3, -0.25) is 0 Å². The second kappa shape index (κ2) is 8.47. The molecule has 0 saturated carbocycles. The molecule has 1 aliphatic heterocycles. The van der Waals surface area contributed by atoms with Crippen molar-refractivity contribution in [2.75, 3.05) is 24.5 Å². The molecule has 1 unspecified atom stereocenters. The van der Waals surface area contributed by atoms with E-state index < -0.39 is 0 Å². The first-order chi connectivity index (χ1) is 10.7. The average molecular weight is 300 g/mol. The molecule has 2 N–H and O–H groups in total. The molecule has 1 aliphatic rings. The standard InChI is InChI=1S/C18H28N4/c1-4-15(3)21-18(19-5-2)20-14-16-8-10-17(11-9-16)22-12-6-7-13-22/h6-11,15H,4-5,12-14H2,1-3H3,(H2,19,20,21). The van der Waals surface area contributed by atoms with Gasteiger partial charge < -0.3 is 15.5 Å². The Morgan fingerprint density at radius 1 is 1.18 bits per heavy atom. The van der Waals surface area contributed by atoms with Crippen LogP contribution in [-0.2, 0) is 6.54 Å². The number of nitrogens with zero attached hydrogens (tertiary/aromatic N) is 2. The van der Waals surface area contributed by atoms with Crippen LogP contribution in [0.4, 0.5) is 5.69 Å². The van der Waals surface area contributed by atoms with Gasteiger partial charge in [-0.15, -0.1) is 0 Å². The minimum atomic E-state index is 0.433. The van der Waals surface area contributed by atoms with Gasteiger partial charge in [0.2, 0.25) is 0 Å². The Kier molecular flexibility index (Phi) is 6.31. The zero-order valence-corrected chi connectivity index (χ0v) is 14.0. The van der Waals surface area contributed by atoms with Gasteiger partial charge in [0.1, 0.15) is 0 Å². The van der Waals surface area contributed by atoms with Crippen molar-refractivity contribution in [3.05, 3.63) is 42.0 Å². The number of aliphatic imine (C=N–C) groups is 1. The predicted octanol–water partition coefficient (Wildman–Crippen LogP) is 2.92. The van der Waals surface area contributed by atoms with E-state index in [1.54, 1.807) is 0 Å². The molecule has 1 heterocycles. The van der Waals surface area contributed by atoms with Crippen LogP contribution in [-0.4, -0.2) is 31.6 Å². The van der Waals surface area contributed by atoms with E-state index in [0.717, 1.165) is 32.0 Å². The van der Waals surface area contributed by atoms with Crippen LogP contribution in [0.1, 0.15) is 32.8 Å². The summed E-state index contributed by atoms with van der Waals surface area (Å²) in [5.41, 5.74) is 2.51. The number of benzene rings is 1. The lowest BCUT2D eigenvalue weighted by Crippen LogP contribution is -2.41. The highest BCUT2D eigenvalue weighted by atomic mass is 15.2. The van der Waals surface area contributed by atoms with Crippen molar-refractivity contribution in [2.45, 2.75) is 39.8 Å². The van der Waals surface area contributed by atoms with Crippen LogP contribution >= 0.6 is 0 Å². The maximum Gasteiger partial charge on any atom is 0.191 e. The molecule has 1 aromatic carbocycles. The molecular formula is C18H28N4. The van der Waals surface area contributed by atoms with E-state index in [2.05, 4.69) is 77.7 Å². The van der Waals surface area contributed by atoms with E-state index in [1.807, 2.05) is 0 Å². The third kappa shape index (κ3) is 4.79. The monoisotopic (exact) mass is 300 g/mol. The molecular weight excluding hydrogens is 272 g/mol. The maximum atomic E-state index is 4.67. The Morgan fingerprint density at radius 2 is 1.86 bits per heavy atom. The smallest absolute Gasteiger partial charge is 0.191 e. The minimum absolute atomic E-state index is 0.433. The van der Waals surface area contributed by atoms with Gasteiger partial charge in [-0.25, -0.2) is 4.99 Å². The Morgan fingerprint density at radius 3 is 2.45 bits per heavy atom. The van der Waals surface area contributed by atoms with Crippen molar-refractivity contribution in [2.24, 2.45) is 4.99 Å². The van der Waals surface area contributed by atoms with Crippen LogP contribution in [0, 0.1) is 0 Å². The Balaban J connectivity index is 1.94. The van der Waals surface area contributed by atoms with Gasteiger partial charge in [-0.1, -0.05) is 31.2 Å². The number of nitrogens with one attached hydrogen (secondary N) is 2. The van der Waals surface area contributed by atoms with Crippen molar-refractivity contribution < 1.29 is 0 Å². The Hall–Kier alpha value is -1.97. The zero-order valence-electron chi connectivity index (χ0n) is 14.0. The quantitative estimate of drug-likeness (QED) is 0.482. The summed E-state index contributed by atoms with van der Waals surface area (Å²) in [7, 11) is 0. The molecule has 0 aliphatic carbocycles. The van der Waals surface area contributed by atoms with E-state index >= 15 is 0 Å². The van der Waals surface area contributed by atoms with Crippen molar-refractivity contribution in [1.29, 1.82) is 0 Å². The van der Waals surface area contributed by atoms with E-state index in [0.29, 0.717) is 12.6 Å². The molecule has 4 nitrogen and oxygen atoms in total. The number of rotatable bonds is 6. The fourth-order valence-electron chi connectivity index (χ4n) is 2.33. The summed E-state index contributed by atoms with van der Waals surface area (Å²) in [5.74, 6) is 0.893. The first-order valence-electron chi connectivity index (χ1n) is 8.26. The highest BCUT2D eigenvalue weighted by Gasteiger charge is 2.07. The molecule has 22 heavy (non-hydrogen) atoms. The van der Waals surface area contributed by atoms with Crippen molar-refractivity contribution in [3.63, 3.8) is 0 Å². The third-order valence-electron chi connectivity index (χ3n) is 3.88. The molecule has 1 aromatic rings. The zero-order chi connectivity index (χ0) is 15.8. The van der Waals surface area contributed by atoms with Crippen LogP contribution in [0.2, 0.25) is 0 Å². The molecule has 0 radical (unpaired) electrons. The lowest BCUT2D eigenvalue weighted by molar-refractivity contribution is 0.624. The third-order valence-corrected chi connectivity index (χ3v) is 3.88. The van der Waals surface area contributed by atoms with Crippen LogP contribution in [0.3, 0.4) is 0 Å². The Labute approximate surface area is 134 Å². The number of hydrogen-bond acceptors (Lipinski definition) is 2. The SMILES string of the molecule is CCNC(=NCc1ccc(N2CC=CC2)cc1)NC(C)CC. The minimum Gasteiger partial charge on any atom is -0.364 e. The van der Waals surface area contributed by atoms with Crippen LogP contribution in [0.15, 0.2) is 41.4 Å². The fourth-order valence-corrected chi connectivity index (χ4v) is 2.33. The molecule has 0 spiro atoms. The van der Waals surface area contributed by atoms with Crippen molar-refractivity contribution in [3.8, 4) is 0 Å². The largest absolute Gasteiger partial charge is 0.364 e. The second-order valence-corrected chi connectivity index (χ2v) is 5.69. The summed E-state index contributed by atoms with van der Waals surface area (Å²) < 4.78 is 0. The molecule has 0 aromatic heterocycles. The first-order valence-corrected chi connectivity index (χ1v) is 8.26. The highest BCUT2D eigenvalue weighted by Crippen LogP contribution is 2.17. The predicted molar refractivity (Wildman–Crippen MR) is 95.5 cm³/mol. The Bertz CT molecular complexity index is 496. The van der Waals surface area contributed by atoms with Crippen LogP contribution in [0.5, 0.6) is 0 Å². The van der Waals surface area contributed by atoms with E-state index in [9.17, 15) is 0 Å². The summed E-state index contributed by atoms with van der Waals surface area (Å²) in [6, 6.07) is 9.15. The number of anilines is 1. The van der Waals surface area contributed by atoms with Gasteiger partial charge in [-0.2, -0.15) is 0 Å². The van der Waals surface area contributed by atoms with Crippen molar-refractivity contribution >= 4 is 11.6 Å². The lowest BCUT2D eigenvalue weighted by Gasteiger charge is -2.18. The van der Waals surface area contributed by atoms with Gasteiger partial charge in [0, 0.05) is 31.4 Å². The topological polar surface area (TPSA) is 39.7 Å². The lowest BCUT2D eigenvalue weighted by atomic mass is 10.2. The molecule has 0 bridgehead atoms. The molecule has 0 saturated heterocycles. The highest BCUT2D eigenvalue weighted by molar-refractivity contribution is 5.80. The second-order valence-electron chi connectivity index (χ2n) is 5.69. The summed E-state index contributed by atoms with van der Waals surface area (Å²) in [5, 5.41) is 6.71. The maximum absolute atomic E-state index is 4.67. The molecule has 4 heteroatoms. The van der Waals surface area contributed by atoms with E-state index in [1.165, 1.54) is 11.3 Å². The van der Waals surface area contributed by atoms with Gasteiger partial charge in [0.05, 0.1) is 6.54 Å². The summed E-state index contributed by atoms with van der Waals surface area (Å²) >= 11 is 0. The first kappa shape index (κ1) is 16.4. The number of guanidine groups is 1. The molecule has 1 atom stereocenters. The molecule has 0 amide bonds. The van der Waals surface area contributed by atoms with Gasteiger partial charge in [0.15, 0.2) is 5.96 Å². The van der Waals surface area contributed by atoms with Crippen LogP contribution in [0.25, 0.3) is 0 Å². The summed E-state index contributed by atoms with van der Waals surface area (Å²) in [6.45, 7) is 10.0. The van der Waals surface area contributed by atoms with E-state index in [4.69, 9.17) is 0 Å². The van der Waals surface area contributed by atoms with E-state index in [-0.39, 0.29) is 0 Å². The van der Waals surface area contributed by atoms with Gasteiger partial charge in [-0.05, 0) is 38.0 Å². The summed E-state index contributed by atoms with van der Waals surface area (Å²) in [6.07, 6.45) is 5.51. The molecule has 0 fully saturated rings. The van der Waals surface area contributed by atoms with Gasteiger partial charge in [0.25, 0.3) is 0 Å². The number of hydrogen-bond donors (Lipinski definition) is 2. The van der Waals surface area contributed by atoms with Crippen LogP contribution < -0.4 is 15.5 Å². The fraction of sp³-hybridized carbons (Fsp3) is 0.500. The average Bonchev–Trinajstić information content (AvgIpc) is 3.07. The molecule has 2 rings (SSSR count). The van der Waals surface area contributed by atoms with Crippen molar-refractivity contribution in [1.82, 2.24) is 10.6 Å².